The molecule has 1 N–H and O–H groups in total. The van der Waals surface area contributed by atoms with Crippen LogP contribution >= 0.6 is 0 Å². The van der Waals surface area contributed by atoms with Crippen LogP contribution in [0.5, 0.6) is 0 Å². The van der Waals surface area contributed by atoms with Gasteiger partial charge in [0.1, 0.15) is 11.3 Å². The molecule has 76 valence electrons. The molecule has 0 unspecified atom stereocenters. The number of aromatic amines is 1. The van der Waals surface area contributed by atoms with Crippen molar-refractivity contribution in [2.75, 3.05) is 7.11 Å². The number of carbonyl (C=O) groups is 1. The molecule has 1 aromatic heterocycles. The maximum absolute atomic E-state index is 11.2. The van der Waals surface area contributed by atoms with E-state index in [9.17, 15) is 14.9 Å². The SMILES string of the molecule is COC(=O)c1c(C)[nH]c([N+](=O)[O-])c1C. The van der Waals surface area contributed by atoms with Gasteiger partial charge in [-0.15, -0.1) is 0 Å². The molecule has 1 rings (SSSR count). The molecule has 1 aromatic rings. The number of rotatable bonds is 2. The minimum atomic E-state index is -0.565. The smallest absolute Gasteiger partial charge is 0.342 e. The van der Waals surface area contributed by atoms with Crippen LogP contribution in [0.3, 0.4) is 0 Å². The van der Waals surface area contributed by atoms with E-state index in [1.807, 2.05) is 0 Å². The van der Waals surface area contributed by atoms with Crippen molar-refractivity contribution in [1.29, 1.82) is 0 Å². The molecule has 6 heteroatoms. The molecule has 6 nitrogen and oxygen atoms in total. The second-order valence-electron chi connectivity index (χ2n) is 2.85. The van der Waals surface area contributed by atoms with Crippen molar-refractivity contribution in [2.45, 2.75) is 13.8 Å². The van der Waals surface area contributed by atoms with E-state index in [-0.39, 0.29) is 11.4 Å². The summed E-state index contributed by atoms with van der Waals surface area (Å²) in [6.07, 6.45) is 0. The molecule has 0 aliphatic rings. The molecular formula is C8H10N2O4. The number of aromatic nitrogens is 1. The van der Waals surface area contributed by atoms with Crippen molar-refractivity contribution in [3.8, 4) is 0 Å². The summed E-state index contributed by atoms with van der Waals surface area (Å²) in [5.74, 6) is -0.729. The number of aryl methyl sites for hydroxylation is 1. The van der Waals surface area contributed by atoms with Gasteiger partial charge in [0.25, 0.3) is 0 Å². The topological polar surface area (TPSA) is 85.2 Å². The highest BCUT2D eigenvalue weighted by molar-refractivity contribution is 5.93. The second-order valence-corrected chi connectivity index (χ2v) is 2.85. The quantitative estimate of drug-likeness (QED) is 0.441. The molecule has 0 bridgehead atoms. The highest BCUT2D eigenvalue weighted by atomic mass is 16.6. The van der Waals surface area contributed by atoms with Crippen LogP contribution in [0.1, 0.15) is 21.6 Å². The summed E-state index contributed by atoms with van der Waals surface area (Å²) in [6.45, 7) is 3.10. The van der Waals surface area contributed by atoms with Crippen molar-refractivity contribution in [2.24, 2.45) is 0 Å². The lowest BCUT2D eigenvalue weighted by Gasteiger charge is -1.96. The normalized spacial score (nSPS) is 9.93. The molecule has 0 fully saturated rings. The fourth-order valence-electron chi connectivity index (χ4n) is 1.32. The summed E-state index contributed by atoms with van der Waals surface area (Å²) < 4.78 is 4.51. The van der Waals surface area contributed by atoms with Crippen LogP contribution in [0, 0.1) is 24.0 Å². The molecular weight excluding hydrogens is 188 g/mol. The minimum Gasteiger partial charge on any atom is -0.465 e. The zero-order valence-corrected chi connectivity index (χ0v) is 8.08. The van der Waals surface area contributed by atoms with Crippen molar-refractivity contribution in [3.63, 3.8) is 0 Å². The first-order valence-corrected chi connectivity index (χ1v) is 3.91. The van der Waals surface area contributed by atoms with Crippen LogP contribution in [-0.2, 0) is 4.74 Å². The maximum Gasteiger partial charge on any atom is 0.342 e. The number of hydrogen-bond donors (Lipinski definition) is 1. The Balaban J connectivity index is 3.31. The Bertz CT molecular complexity index is 394. The van der Waals surface area contributed by atoms with Gasteiger partial charge in [-0.1, -0.05) is 0 Å². The van der Waals surface area contributed by atoms with Crippen LogP contribution in [-0.4, -0.2) is 23.0 Å². The van der Waals surface area contributed by atoms with E-state index in [1.54, 1.807) is 6.92 Å². The van der Waals surface area contributed by atoms with E-state index in [0.29, 0.717) is 11.3 Å². The maximum atomic E-state index is 11.2. The zero-order chi connectivity index (χ0) is 10.9. The van der Waals surface area contributed by atoms with Gasteiger partial charge in [-0.05, 0) is 18.8 Å². The van der Waals surface area contributed by atoms with Crippen molar-refractivity contribution in [3.05, 3.63) is 26.9 Å². The van der Waals surface area contributed by atoms with E-state index in [4.69, 9.17) is 0 Å². The Morgan fingerprint density at radius 2 is 2.07 bits per heavy atom. The average molecular weight is 198 g/mol. The fraction of sp³-hybridized carbons (Fsp3) is 0.375. The van der Waals surface area contributed by atoms with Gasteiger partial charge in [-0.25, -0.2) is 9.78 Å². The van der Waals surface area contributed by atoms with E-state index in [0.717, 1.165) is 0 Å². The first-order chi connectivity index (χ1) is 6.49. The van der Waals surface area contributed by atoms with Gasteiger partial charge in [-0.3, -0.25) is 0 Å². The number of nitrogens with zero attached hydrogens (tertiary/aromatic N) is 1. The van der Waals surface area contributed by atoms with Crippen LogP contribution in [0.15, 0.2) is 0 Å². The first-order valence-electron chi connectivity index (χ1n) is 3.91. The van der Waals surface area contributed by atoms with Gasteiger partial charge in [0.2, 0.25) is 0 Å². The summed E-state index contributed by atoms with van der Waals surface area (Å²) in [5.41, 5.74) is 0.986. The van der Waals surface area contributed by atoms with Crippen molar-refractivity contribution >= 4 is 11.8 Å². The van der Waals surface area contributed by atoms with E-state index >= 15 is 0 Å². The van der Waals surface area contributed by atoms with Gasteiger partial charge < -0.3 is 14.9 Å². The molecule has 0 radical (unpaired) electrons. The highest BCUT2D eigenvalue weighted by Crippen LogP contribution is 2.24. The predicted molar refractivity (Wildman–Crippen MR) is 48.3 cm³/mol. The van der Waals surface area contributed by atoms with E-state index in [1.165, 1.54) is 14.0 Å². The Morgan fingerprint density at radius 3 is 2.43 bits per heavy atom. The molecule has 0 spiro atoms. The number of nitrogens with one attached hydrogen (secondary N) is 1. The zero-order valence-electron chi connectivity index (χ0n) is 8.08. The number of H-pyrrole nitrogens is 1. The van der Waals surface area contributed by atoms with Crippen molar-refractivity contribution in [1.82, 2.24) is 4.98 Å². The molecule has 0 saturated heterocycles. The van der Waals surface area contributed by atoms with Gasteiger partial charge in [0.05, 0.1) is 12.7 Å². The average Bonchev–Trinajstić information content (AvgIpc) is 2.41. The molecule has 0 aliphatic carbocycles. The Labute approximate surface area is 80.0 Å². The first kappa shape index (κ1) is 10.2. The summed E-state index contributed by atoms with van der Waals surface area (Å²) in [7, 11) is 1.24. The lowest BCUT2D eigenvalue weighted by molar-refractivity contribution is -0.389. The molecule has 14 heavy (non-hydrogen) atoms. The summed E-state index contributed by atoms with van der Waals surface area (Å²) in [4.78, 5) is 23.7. The van der Waals surface area contributed by atoms with Crippen LogP contribution < -0.4 is 0 Å². The molecule has 1 heterocycles. The fourth-order valence-corrected chi connectivity index (χ4v) is 1.32. The van der Waals surface area contributed by atoms with Crippen LogP contribution in [0.25, 0.3) is 0 Å². The van der Waals surface area contributed by atoms with Crippen molar-refractivity contribution < 1.29 is 14.5 Å². The number of esters is 1. The Hall–Kier alpha value is -1.85. The molecule has 0 saturated carbocycles. The molecule has 0 amide bonds. The van der Waals surface area contributed by atoms with Gasteiger partial charge >= 0.3 is 11.8 Å². The highest BCUT2D eigenvalue weighted by Gasteiger charge is 2.25. The third-order valence-electron chi connectivity index (χ3n) is 1.98. The second kappa shape index (κ2) is 3.49. The number of nitro groups is 1. The Kier molecular flexibility index (Phi) is 2.55. The standard InChI is InChI=1S/C8H10N2O4/c1-4-6(8(11)14-3)5(2)9-7(4)10(12)13/h9H,1-3H3. The lowest BCUT2D eigenvalue weighted by Crippen LogP contribution is -2.03. The largest absolute Gasteiger partial charge is 0.465 e. The predicted octanol–water partition coefficient (Wildman–Crippen LogP) is 1.33. The number of hydrogen-bond acceptors (Lipinski definition) is 4. The van der Waals surface area contributed by atoms with Crippen LogP contribution in [0.4, 0.5) is 5.82 Å². The molecule has 0 aliphatic heterocycles. The lowest BCUT2D eigenvalue weighted by atomic mass is 10.1. The number of carbonyl (C=O) groups excluding carboxylic acids is 1. The van der Waals surface area contributed by atoms with E-state index in [2.05, 4.69) is 9.72 Å². The monoisotopic (exact) mass is 198 g/mol. The summed E-state index contributed by atoms with van der Waals surface area (Å²) in [6, 6.07) is 0. The minimum absolute atomic E-state index is 0.164. The molecule has 0 atom stereocenters. The third-order valence-corrected chi connectivity index (χ3v) is 1.98. The van der Waals surface area contributed by atoms with Gasteiger partial charge in [0, 0.05) is 0 Å². The van der Waals surface area contributed by atoms with Crippen LogP contribution in [0.2, 0.25) is 0 Å². The van der Waals surface area contributed by atoms with E-state index < -0.39 is 10.9 Å². The molecule has 0 aromatic carbocycles. The Morgan fingerprint density at radius 1 is 1.50 bits per heavy atom. The third kappa shape index (κ3) is 1.46. The summed E-state index contributed by atoms with van der Waals surface area (Å²) >= 11 is 0. The number of methoxy groups -OCH3 is 1. The van der Waals surface area contributed by atoms with Gasteiger partial charge in [0.15, 0.2) is 0 Å². The number of ether oxygens (including phenoxy) is 1. The summed E-state index contributed by atoms with van der Waals surface area (Å²) in [5, 5.41) is 10.5. The van der Waals surface area contributed by atoms with Gasteiger partial charge in [-0.2, -0.15) is 0 Å².